The van der Waals surface area contributed by atoms with Crippen LogP contribution in [0.15, 0.2) is 59.4 Å². The van der Waals surface area contributed by atoms with E-state index in [9.17, 15) is 4.79 Å². The molecule has 4 aromatic rings. The maximum Gasteiger partial charge on any atom is 0.251 e. The van der Waals surface area contributed by atoms with E-state index < -0.39 is 6.04 Å². The summed E-state index contributed by atoms with van der Waals surface area (Å²) < 4.78 is 18.0. The number of fused-ring (bicyclic) bond motifs is 1. The molecule has 1 aromatic carbocycles. The van der Waals surface area contributed by atoms with Crippen molar-refractivity contribution >= 4 is 17.1 Å². The Balaban J connectivity index is 1.55. The van der Waals surface area contributed by atoms with Crippen LogP contribution in [-0.2, 0) is 4.79 Å². The monoisotopic (exact) mass is 475 g/mol. The smallest absolute Gasteiger partial charge is 0.251 e. The van der Waals surface area contributed by atoms with Crippen LogP contribution in [0.1, 0.15) is 48.4 Å². The van der Waals surface area contributed by atoms with Crippen LogP contribution < -0.4 is 14.8 Å². The Kier molecular flexibility index (Phi) is 6.31. The van der Waals surface area contributed by atoms with E-state index in [1.165, 1.54) is 0 Å². The summed E-state index contributed by atoms with van der Waals surface area (Å²) in [7, 11) is 3.20. The molecule has 3 aromatic heterocycles. The Bertz CT molecular complexity index is 1280. The number of rotatable bonds is 7. The van der Waals surface area contributed by atoms with Crippen LogP contribution in [0.4, 0.5) is 5.69 Å². The van der Waals surface area contributed by atoms with Gasteiger partial charge in [0, 0.05) is 42.2 Å². The number of methoxy groups -OCH3 is 2. The number of hydrogen-bond acceptors (Lipinski definition) is 7. The second-order valence-electron chi connectivity index (χ2n) is 8.70. The summed E-state index contributed by atoms with van der Waals surface area (Å²) in [5.41, 5.74) is 3.20. The minimum Gasteiger partial charge on any atom is -0.497 e. The first-order valence-electron chi connectivity index (χ1n) is 11.7. The topological polar surface area (TPSA) is 94.1 Å². The van der Waals surface area contributed by atoms with E-state index in [0.29, 0.717) is 29.4 Å². The summed E-state index contributed by atoms with van der Waals surface area (Å²) in [6.45, 7) is 2.54. The molecular weight excluding hydrogens is 446 g/mol. The van der Waals surface area contributed by atoms with E-state index in [0.717, 1.165) is 36.1 Å². The standard InChI is InChI=1S/C26H29N5O4/c1-17-22(16-27-35-17)24-9-5-6-10-30(24)26(32)25(23-14-19-8-4-7-11-31(19)29-23)28-18-12-20(33-2)15-21(13-18)34-3/h4,7-8,11-16,24-25,28H,5-6,9-10H2,1-3H3. The van der Waals surface area contributed by atoms with Crippen molar-refractivity contribution in [3.05, 3.63) is 71.9 Å². The quantitative estimate of drug-likeness (QED) is 0.419. The van der Waals surface area contributed by atoms with E-state index in [-0.39, 0.29) is 11.9 Å². The molecule has 0 saturated carbocycles. The number of pyridine rings is 1. The van der Waals surface area contributed by atoms with Crippen molar-refractivity contribution in [3.63, 3.8) is 0 Å². The van der Waals surface area contributed by atoms with E-state index in [1.54, 1.807) is 31.0 Å². The first kappa shape index (κ1) is 22.8. The molecule has 9 nitrogen and oxygen atoms in total. The van der Waals surface area contributed by atoms with Crippen LogP contribution in [0.2, 0.25) is 0 Å². The number of hydrogen-bond donors (Lipinski definition) is 1. The van der Waals surface area contributed by atoms with Gasteiger partial charge in [-0.05, 0) is 44.4 Å². The molecule has 1 saturated heterocycles. The predicted octanol–water partition coefficient (Wildman–Crippen LogP) is 4.55. The highest BCUT2D eigenvalue weighted by Crippen LogP contribution is 2.36. The number of benzene rings is 1. The van der Waals surface area contributed by atoms with Gasteiger partial charge in [-0.15, -0.1) is 0 Å². The first-order valence-corrected chi connectivity index (χ1v) is 11.7. The van der Waals surface area contributed by atoms with Gasteiger partial charge in [-0.25, -0.2) is 4.52 Å². The molecule has 0 spiro atoms. The van der Waals surface area contributed by atoms with E-state index >= 15 is 0 Å². The average Bonchev–Trinajstić information content (AvgIpc) is 3.52. The number of piperidine rings is 1. The zero-order valence-electron chi connectivity index (χ0n) is 20.1. The SMILES string of the molecule is COc1cc(NC(C(=O)N2CCCCC2c2cnoc2C)c2cc3ccccn3n2)cc(OC)c1. The molecule has 0 aliphatic carbocycles. The number of ether oxygens (including phenoxy) is 2. The molecule has 2 atom stereocenters. The second-order valence-corrected chi connectivity index (χ2v) is 8.70. The van der Waals surface area contributed by atoms with Gasteiger partial charge in [0.1, 0.15) is 17.3 Å². The molecule has 0 bridgehead atoms. The number of carbonyl (C=O) groups excluding carboxylic acids is 1. The minimum absolute atomic E-state index is 0.0551. The van der Waals surface area contributed by atoms with Crippen molar-refractivity contribution in [1.82, 2.24) is 19.7 Å². The lowest BCUT2D eigenvalue weighted by Gasteiger charge is -2.37. The van der Waals surface area contributed by atoms with E-state index in [4.69, 9.17) is 19.1 Å². The van der Waals surface area contributed by atoms with Gasteiger partial charge in [0.2, 0.25) is 0 Å². The van der Waals surface area contributed by atoms with E-state index in [2.05, 4.69) is 10.5 Å². The van der Waals surface area contributed by atoms with Crippen LogP contribution >= 0.6 is 0 Å². The first-order chi connectivity index (χ1) is 17.1. The molecule has 9 heteroatoms. The second kappa shape index (κ2) is 9.69. The Morgan fingerprint density at radius 3 is 2.63 bits per heavy atom. The van der Waals surface area contributed by atoms with Crippen LogP contribution in [0.3, 0.4) is 0 Å². The fourth-order valence-electron chi connectivity index (χ4n) is 4.73. The molecule has 4 heterocycles. The summed E-state index contributed by atoms with van der Waals surface area (Å²) in [6.07, 6.45) is 6.44. The molecule has 1 amide bonds. The number of likely N-dealkylation sites (tertiary alicyclic amines) is 1. The highest BCUT2D eigenvalue weighted by molar-refractivity contribution is 5.87. The molecule has 35 heavy (non-hydrogen) atoms. The van der Waals surface area contributed by atoms with Crippen LogP contribution in [0, 0.1) is 6.92 Å². The lowest BCUT2D eigenvalue weighted by molar-refractivity contribution is -0.136. The number of amides is 1. The Labute approximate surface area is 203 Å². The maximum atomic E-state index is 14.2. The van der Waals surface area contributed by atoms with Crippen LogP contribution in [-0.4, -0.2) is 46.3 Å². The normalized spacial score (nSPS) is 16.8. The zero-order valence-corrected chi connectivity index (χ0v) is 20.1. The number of carbonyl (C=O) groups is 1. The summed E-state index contributed by atoms with van der Waals surface area (Å²) in [5.74, 6) is 1.94. The van der Waals surface area contributed by atoms with Crippen molar-refractivity contribution < 1.29 is 18.8 Å². The Morgan fingerprint density at radius 1 is 1.14 bits per heavy atom. The van der Waals surface area contributed by atoms with Crippen molar-refractivity contribution in [2.45, 2.75) is 38.3 Å². The number of anilines is 1. The third kappa shape index (κ3) is 4.53. The van der Waals surface area contributed by atoms with Gasteiger partial charge in [-0.2, -0.15) is 5.10 Å². The molecular formula is C26H29N5O4. The van der Waals surface area contributed by atoms with Gasteiger partial charge in [0.15, 0.2) is 6.04 Å². The molecule has 0 radical (unpaired) electrons. The molecule has 1 aliphatic heterocycles. The molecule has 182 valence electrons. The third-order valence-corrected chi connectivity index (χ3v) is 6.53. The molecule has 2 unspecified atom stereocenters. The number of aromatic nitrogens is 3. The fraction of sp³-hybridized carbons (Fsp3) is 0.346. The number of nitrogens with one attached hydrogen (secondary N) is 1. The number of aryl methyl sites for hydroxylation is 1. The highest BCUT2D eigenvalue weighted by atomic mass is 16.5. The summed E-state index contributed by atoms with van der Waals surface area (Å²) >= 11 is 0. The number of nitrogens with zero attached hydrogens (tertiary/aromatic N) is 4. The molecule has 1 aliphatic rings. The Morgan fingerprint density at radius 2 is 1.94 bits per heavy atom. The summed E-state index contributed by atoms with van der Waals surface area (Å²) in [6, 6.07) is 12.4. The lowest BCUT2D eigenvalue weighted by Crippen LogP contribution is -2.43. The van der Waals surface area contributed by atoms with Crippen molar-refractivity contribution in [3.8, 4) is 11.5 Å². The van der Waals surface area contributed by atoms with Gasteiger partial charge < -0.3 is 24.2 Å². The largest absolute Gasteiger partial charge is 0.497 e. The van der Waals surface area contributed by atoms with Gasteiger partial charge in [0.05, 0.1) is 37.7 Å². The van der Waals surface area contributed by atoms with Crippen molar-refractivity contribution in [2.24, 2.45) is 0 Å². The maximum absolute atomic E-state index is 14.2. The zero-order chi connectivity index (χ0) is 24.4. The van der Waals surface area contributed by atoms with Gasteiger partial charge in [-0.1, -0.05) is 11.2 Å². The molecule has 1 fully saturated rings. The van der Waals surface area contributed by atoms with Crippen LogP contribution in [0.25, 0.3) is 5.52 Å². The minimum atomic E-state index is -0.715. The summed E-state index contributed by atoms with van der Waals surface area (Å²) in [5, 5.41) is 12.1. The van der Waals surface area contributed by atoms with Gasteiger partial charge in [0.25, 0.3) is 5.91 Å². The van der Waals surface area contributed by atoms with Gasteiger partial charge >= 0.3 is 0 Å². The lowest BCUT2D eigenvalue weighted by atomic mass is 9.94. The molecule has 5 rings (SSSR count). The molecule has 1 N–H and O–H groups in total. The van der Waals surface area contributed by atoms with Crippen molar-refractivity contribution in [1.29, 1.82) is 0 Å². The highest BCUT2D eigenvalue weighted by Gasteiger charge is 2.36. The average molecular weight is 476 g/mol. The third-order valence-electron chi connectivity index (χ3n) is 6.53. The van der Waals surface area contributed by atoms with Gasteiger partial charge in [-0.3, -0.25) is 4.79 Å². The van der Waals surface area contributed by atoms with Crippen molar-refractivity contribution in [2.75, 3.05) is 26.1 Å². The Hall–Kier alpha value is -4.01. The fourth-order valence-corrected chi connectivity index (χ4v) is 4.73. The predicted molar refractivity (Wildman–Crippen MR) is 131 cm³/mol. The van der Waals surface area contributed by atoms with Crippen LogP contribution in [0.5, 0.6) is 11.5 Å². The van der Waals surface area contributed by atoms with E-state index in [1.807, 2.05) is 54.4 Å². The summed E-state index contributed by atoms with van der Waals surface area (Å²) in [4.78, 5) is 16.1.